The molecule has 0 unspecified atom stereocenters. The van der Waals surface area contributed by atoms with E-state index in [0.717, 1.165) is 9.82 Å². The van der Waals surface area contributed by atoms with Gasteiger partial charge >= 0.3 is 0 Å². The summed E-state index contributed by atoms with van der Waals surface area (Å²) in [7, 11) is 2.41. The Bertz CT molecular complexity index is 1290. The molecule has 0 saturated heterocycles. The molecule has 3 aromatic rings. The fourth-order valence-corrected chi connectivity index (χ4v) is 4.59. The van der Waals surface area contributed by atoms with E-state index < -0.39 is 10.0 Å². The third-order valence-corrected chi connectivity index (χ3v) is 7.34. The van der Waals surface area contributed by atoms with Crippen LogP contribution >= 0.6 is 11.6 Å². The molecule has 1 heterocycles. The van der Waals surface area contributed by atoms with Gasteiger partial charge in [-0.1, -0.05) is 11.6 Å². The summed E-state index contributed by atoms with van der Waals surface area (Å²) in [6.07, 6.45) is 0.534. The van der Waals surface area contributed by atoms with Gasteiger partial charge < -0.3 is 19.4 Å². The first-order valence-corrected chi connectivity index (χ1v) is 12.1. The molecule has 11 heteroatoms. The topological polar surface area (TPSA) is 103 Å². The molecule has 0 spiro atoms. The van der Waals surface area contributed by atoms with Crippen LogP contribution in [0.1, 0.15) is 19.2 Å². The number of nitrogens with zero attached hydrogens (tertiary/aromatic N) is 3. The Hall–Kier alpha value is -2.82. The SMILES string of the molecule is CCn1c(CCC(=O)Nc2cc(OC)c(OC)cc2Cl)nc2cc(S(=O)(=O)N(C)C)ccc21. The molecule has 0 fully saturated rings. The number of anilines is 1. The molecule has 0 radical (unpaired) electrons. The van der Waals surface area contributed by atoms with Gasteiger partial charge in [-0.3, -0.25) is 4.79 Å². The molecule has 178 valence electrons. The number of nitrogens with one attached hydrogen (secondary N) is 1. The van der Waals surface area contributed by atoms with E-state index in [-0.39, 0.29) is 17.2 Å². The highest BCUT2D eigenvalue weighted by Gasteiger charge is 2.20. The predicted octanol–water partition coefficient (Wildman–Crippen LogP) is 3.55. The molecule has 9 nitrogen and oxygen atoms in total. The zero-order valence-corrected chi connectivity index (χ0v) is 20.7. The summed E-state index contributed by atoms with van der Waals surface area (Å²) in [5, 5.41) is 3.12. The lowest BCUT2D eigenvalue weighted by Gasteiger charge is -2.13. The molecule has 33 heavy (non-hydrogen) atoms. The first kappa shape index (κ1) is 24.8. The first-order chi connectivity index (χ1) is 15.6. The molecular formula is C22H27ClN4O5S. The number of rotatable bonds is 9. The van der Waals surface area contributed by atoms with Gasteiger partial charge in [-0.25, -0.2) is 17.7 Å². The van der Waals surface area contributed by atoms with Gasteiger partial charge in [0.05, 0.1) is 40.9 Å². The molecule has 1 N–H and O–H groups in total. The lowest BCUT2D eigenvalue weighted by molar-refractivity contribution is -0.116. The monoisotopic (exact) mass is 494 g/mol. The number of fused-ring (bicyclic) bond motifs is 1. The summed E-state index contributed by atoms with van der Waals surface area (Å²) in [5.41, 5.74) is 1.80. The minimum atomic E-state index is -3.57. The minimum absolute atomic E-state index is 0.164. The Morgan fingerprint density at radius 1 is 1.15 bits per heavy atom. The maximum absolute atomic E-state index is 12.6. The summed E-state index contributed by atoms with van der Waals surface area (Å²) < 4.78 is 38.5. The van der Waals surface area contributed by atoms with E-state index in [1.807, 2.05) is 11.5 Å². The van der Waals surface area contributed by atoms with Gasteiger partial charge in [0.1, 0.15) is 5.82 Å². The summed E-state index contributed by atoms with van der Waals surface area (Å²) in [6.45, 7) is 2.60. The minimum Gasteiger partial charge on any atom is -0.493 e. The van der Waals surface area contributed by atoms with Crippen molar-refractivity contribution < 1.29 is 22.7 Å². The van der Waals surface area contributed by atoms with Crippen molar-refractivity contribution in [3.63, 3.8) is 0 Å². The molecule has 3 rings (SSSR count). The van der Waals surface area contributed by atoms with Crippen LogP contribution in [0.2, 0.25) is 5.02 Å². The quantitative estimate of drug-likeness (QED) is 0.488. The van der Waals surface area contributed by atoms with E-state index >= 15 is 0 Å². The number of imidazole rings is 1. The number of benzene rings is 2. The first-order valence-electron chi connectivity index (χ1n) is 10.2. The standard InChI is InChI=1S/C22H27ClN4O5S/c1-6-27-18-8-7-14(33(29,30)26(2)3)11-17(18)24-21(27)9-10-22(28)25-16-13-20(32-5)19(31-4)12-15(16)23/h7-8,11-13H,6,9-10H2,1-5H3,(H,25,28). The van der Waals surface area contributed by atoms with Crippen molar-refractivity contribution in [2.75, 3.05) is 33.6 Å². The number of hydrogen-bond donors (Lipinski definition) is 1. The van der Waals surface area contributed by atoms with Crippen LogP contribution in [0.25, 0.3) is 11.0 Å². The summed E-state index contributed by atoms with van der Waals surface area (Å²) in [6, 6.07) is 8.05. The average Bonchev–Trinajstić information content (AvgIpc) is 3.15. The second-order valence-electron chi connectivity index (χ2n) is 7.45. The third-order valence-electron chi connectivity index (χ3n) is 5.22. The van der Waals surface area contributed by atoms with Crippen LogP contribution in [-0.2, 0) is 27.8 Å². The van der Waals surface area contributed by atoms with Gasteiger partial charge in [0, 0.05) is 45.6 Å². The summed E-state index contributed by atoms with van der Waals surface area (Å²) in [4.78, 5) is 17.4. The summed E-state index contributed by atoms with van der Waals surface area (Å²) in [5.74, 6) is 1.37. The number of methoxy groups -OCH3 is 2. The predicted molar refractivity (Wildman–Crippen MR) is 128 cm³/mol. The van der Waals surface area contributed by atoms with Crippen molar-refractivity contribution in [1.82, 2.24) is 13.9 Å². The van der Waals surface area contributed by atoms with Gasteiger partial charge in [0.25, 0.3) is 0 Å². The Kier molecular flexibility index (Phi) is 7.51. The molecule has 0 aliphatic carbocycles. The Morgan fingerprint density at radius 2 is 1.82 bits per heavy atom. The number of carbonyl (C=O) groups excluding carboxylic acids is 1. The molecule has 1 aromatic heterocycles. The molecule has 0 saturated carbocycles. The van der Waals surface area contributed by atoms with Crippen LogP contribution < -0.4 is 14.8 Å². The van der Waals surface area contributed by atoms with Crippen molar-refractivity contribution in [3.05, 3.63) is 41.2 Å². The van der Waals surface area contributed by atoms with Crippen molar-refractivity contribution in [3.8, 4) is 11.5 Å². The smallest absolute Gasteiger partial charge is 0.242 e. The van der Waals surface area contributed by atoms with Crippen LogP contribution in [0.4, 0.5) is 5.69 Å². The van der Waals surface area contributed by atoms with E-state index in [2.05, 4.69) is 10.3 Å². The molecule has 0 aliphatic rings. The van der Waals surface area contributed by atoms with E-state index in [1.165, 1.54) is 28.3 Å². The lowest BCUT2D eigenvalue weighted by Crippen LogP contribution is -2.22. The van der Waals surface area contributed by atoms with Gasteiger partial charge in [-0.05, 0) is 25.1 Å². The highest BCUT2D eigenvalue weighted by atomic mass is 35.5. The Morgan fingerprint density at radius 3 is 2.42 bits per heavy atom. The van der Waals surface area contributed by atoms with Crippen LogP contribution in [0.3, 0.4) is 0 Å². The van der Waals surface area contributed by atoms with Gasteiger partial charge in [-0.15, -0.1) is 0 Å². The van der Waals surface area contributed by atoms with Crippen LogP contribution in [0.5, 0.6) is 11.5 Å². The molecule has 1 amide bonds. The average molecular weight is 495 g/mol. The van der Waals surface area contributed by atoms with Crippen molar-refractivity contribution in [1.29, 1.82) is 0 Å². The number of aryl methyl sites for hydroxylation is 2. The van der Waals surface area contributed by atoms with Crippen molar-refractivity contribution in [2.24, 2.45) is 0 Å². The zero-order valence-electron chi connectivity index (χ0n) is 19.2. The molecule has 2 aromatic carbocycles. The number of hydrogen-bond acceptors (Lipinski definition) is 6. The fraction of sp³-hybridized carbons (Fsp3) is 0.364. The highest BCUT2D eigenvalue weighted by molar-refractivity contribution is 7.89. The zero-order chi connectivity index (χ0) is 24.3. The second kappa shape index (κ2) is 9.98. The van der Waals surface area contributed by atoms with Crippen molar-refractivity contribution in [2.45, 2.75) is 31.2 Å². The summed E-state index contributed by atoms with van der Waals surface area (Å²) >= 11 is 6.25. The molecule has 0 aliphatic heterocycles. The fourth-order valence-electron chi connectivity index (χ4n) is 3.46. The number of sulfonamides is 1. The maximum Gasteiger partial charge on any atom is 0.242 e. The van der Waals surface area contributed by atoms with E-state index in [4.69, 9.17) is 21.1 Å². The van der Waals surface area contributed by atoms with Gasteiger partial charge in [0.15, 0.2) is 11.5 Å². The Labute approximate surface area is 198 Å². The third kappa shape index (κ3) is 5.07. The van der Waals surface area contributed by atoms with E-state index in [1.54, 1.807) is 30.3 Å². The van der Waals surface area contributed by atoms with Crippen LogP contribution in [0.15, 0.2) is 35.2 Å². The van der Waals surface area contributed by atoms with Gasteiger partial charge in [0.2, 0.25) is 15.9 Å². The number of ether oxygens (including phenoxy) is 2. The highest BCUT2D eigenvalue weighted by Crippen LogP contribution is 2.36. The van der Waals surface area contributed by atoms with E-state index in [0.29, 0.717) is 46.5 Å². The number of carbonyl (C=O) groups is 1. The Balaban J connectivity index is 1.80. The number of amides is 1. The normalized spacial score (nSPS) is 11.7. The number of halogens is 1. The lowest BCUT2D eigenvalue weighted by atomic mass is 10.2. The molecule has 0 bridgehead atoms. The van der Waals surface area contributed by atoms with E-state index in [9.17, 15) is 13.2 Å². The van der Waals surface area contributed by atoms with Gasteiger partial charge in [-0.2, -0.15) is 0 Å². The van der Waals surface area contributed by atoms with Crippen LogP contribution in [0, 0.1) is 0 Å². The second-order valence-corrected chi connectivity index (χ2v) is 10.0. The number of aromatic nitrogens is 2. The maximum atomic E-state index is 12.6. The van der Waals surface area contributed by atoms with Crippen LogP contribution in [-0.4, -0.2) is 56.5 Å². The largest absolute Gasteiger partial charge is 0.493 e. The molecular weight excluding hydrogens is 468 g/mol. The molecule has 0 atom stereocenters. The van der Waals surface area contributed by atoms with Crippen molar-refractivity contribution >= 4 is 44.3 Å².